The molecule has 1 rings (SSSR count). The number of rotatable bonds is 6. The molecule has 0 aliphatic heterocycles. The molecule has 0 atom stereocenters. The molecule has 0 saturated heterocycles. The molecular weight excluding hydrogens is 228 g/mol. The minimum absolute atomic E-state index is 0.315. The quantitative estimate of drug-likeness (QED) is 0.761. The number of nitrogens with one attached hydrogen (secondary N) is 1. The van der Waals surface area contributed by atoms with E-state index in [0.29, 0.717) is 18.0 Å². The van der Waals surface area contributed by atoms with Crippen LogP contribution in [0, 0.1) is 5.92 Å². The van der Waals surface area contributed by atoms with Crippen LogP contribution in [0.2, 0.25) is 0 Å². The lowest BCUT2D eigenvalue weighted by Crippen LogP contribution is -2.14. The second-order valence-corrected chi connectivity index (χ2v) is 4.64. The van der Waals surface area contributed by atoms with Crippen LogP contribution in [0.5, 0.6) is 0 Å². The van der Waals surface area contributed by atoms with E-state index in [2.05, 4.69) is 19.2 Å². The molecule has 0 amide bonds. The molecule has 3 N–H and O–H groups in total. The highest BCUT2D eigenvalue weighted by Crippen LogP contribution is 2.20. The monoisotopic (exact) mass is 250 g/mol. The molecule has 0 saturated carbocycles. The molecule has 0 spiro atoms. The average Bonchev–Trinajstić information content (AvgIpc) is 2.37. The number of anilines is 1. The SMILES string of the molecule is COC(=O)c1cccc(NCCC(C)C)c1CN. The predicted octanol–water partition coefficient (Wildman–Crippen LogP) is 2.39. The van der Waals surface area contributed by atoms with Crippen molar-refractivity contribution in [3.8, 4) is 0 Å². The zero-order chi connectivity index (χ0) is 13.5. The van der Waals surface area contributed by atoms with Crippen LogP contribution in [0.25, 0.3) is 0 Å². The molecule has 1 aromatic rings. The molecule has 0 heterocycles. The Morgan fingerprint density at radius 3 is 2.72 bits per heavy atom. The maximum atomic E-state index is 11.6. The molecule has 0 aromatic heterocycles. The summed E-state index contributed by atoms with van der Waals surface area (Å²) < 4.78 is 4.75. The van der Waals surface area contributed by atoms with Gasteiger partial charge in [-0.25, -0.2) is 4.79 Å². The number of ether oxygens (including phenoxy) is 1. The molecule has 1 aromatic carbocycles. The van der Waals surface area contributed by atoms with E-state index in [4.69, 9.17) is 10.5 Å². The van der Waals surface area contributed by atoms with E-state index in [1.54, 1.807) is 6.07 Å². The summed E-state index contributed by atoms with van der Waals surface area (Å²) in [6, 6.07) is 5.51. The molecule has 0 unspecified atom stereocenters. The number of hydrogen-bond donors (Lipinski definition) is 2. The Labute approximate surface area is 109 Å². The van der Waals surface area contributed by atoms with Gasteiger partial charge in [-0.1, -0.05) is 19.9 Å². The summed E-state index contributed by atoms with van der Waals surface area (Å²) in [6.45, 7) is 5.54. The lowest BCUT2D eigenvalue weighted by atomic mass is 10.0. The van der Waals surface area contributed by atoms with E-state index in [-0.39, 0.29) is 5.97 Å². The highest BCUT2D eigenvalue weighted by Gasteiger charge is 2.13. The van der Waals surface area contributed by atoms with Crippen molar-refractivity contribution in [2.24, 2.45) is 11.7 Å². The molecule has 4 nitrogen and oxygen atoms in total. The molecule has 0 fully saturated rings. The summed E-state index contributed by atoms with van der Waals surface area (Å²) in [5.74, 6) is 0.297. The number of hydrogen-bond acceptors (Lipinski definition) is 4. The highest BCUT2D eigenvalue weighted by molar-refractivity contribution is 5.92. The molecule has 100 valence electrons. The Hall–Kier alpha value is -1.55. The zero-order valence-electron chi connectivity index (χ0n) is 11.3. The maximum Gasteiger partial charge on any atom is 0.338 e. The van der Waals surface area contributed by atoms with Crippen molar-refractivity contribution in [2.75, 3.05) is 19.0 Å². The fourth-order valence-corrected chi connectivity index (χ4v) is 1.77. The van der Waals surface area contributed by atoms with Crippen LogP contribution in [-0.2, 0) is 11.3 Å². The second-order valence-electron chi connectivity index (χ2n) is 4.64. The van der Waals surface area contributed by atoms with Crippen molar-refractivity contribution in [1.29, 1.82) is 0 Å². The Bertz CT molecular complexity index is 403. The van der Waals surface area contributed by atoms with Crippen LogP contribution in [0.3, 0.4) is 0 Å². The van der Waals surface area contributed by atoms with Crippen LogP contribution in [0.1, 0.15) is 36.2 Å². The number of methoxy groups -OCH3 is 1. The lowest BCUT2D eigenvalue weighted by molar-refractivity contribution is 0.0599. The molecule has 0 radical (unpaired) electrons. The van der Waals surface area contributed by atoms with Crippen molar-refractivity contribution in [1.82, 2.24) is 0 Å². The number of carbonyl (C=O) groups excluding carboxylic acids is 1. The van der Waals surface area contributed by atoms with Gasteiger partial charge in [0.25, 0.3) is 0 Å². The molecule has 0 aliphatic carbocycles. The second kappa shape index (κ2) is 7.01. The minimum Gasteiger partial charge on any atom is -0.465 e. The number of benzene rings is 1. The fraction of sp³-hybridized carbons (Fsp3) is 0.500. The van der Waals surface area contributed by atoms with Crippen LogP contribution in [0.4, 0.5) is 5.69 Å². The summed E-state index contributed by atoms with van der Waals surface area (Å²) in [6.07, 6.45) is 1.08. The standard InChI is InChI=1S/C14H22N2O2/c1-10(2)7-8-16-13-6-4-5-11(12(13)9-15)14(17)18-3/h4-6,10,16H,7-9,15H2,1-3H3. The summed E-state index contributed by atoms with van der Waals surface area (Å²) >= 11 is 0. The van der Waals surface area contributed by atoms with Crippen LogP contribution in [-0.4, -0.2) is 19.6 Å². The van der Waals surface area contributed by atoms with Gasteiger partial charge in [0.2, 0.25) is 0 Å². The van der Waals surface area contributed by atoms with Crippen LogP contribution < -0.4 is 11.1 Å². The number of carbonyl (C=O) groups is 1. The first kappa shape index (κ1) is 14.5. The summed E-state index contributed by atoms with van der Waals surface area (Å²) in [5.41, 5.74) is 8.00. The highest BCUT2D eigenvalue weighted by atomic mass is 16.5. The predicted molar refractivity (Wildman–Crippen MR) is 73.6 cm³/mol. The first-order valence-electron chi connectivity index (χ1n) is 6.24. The van der Waals surface area contributed by atoms with Gasteiger partial charge in [0.05, 0.1) is 12.7 Å². The van der Waals surface area contributed by atoms with Gasteiger partial charge in [0, 0.05) is 24.3 Å². The van der Waals surface area contributed by atoms with Crippen LogP contribution in [0.15, 0.2) is 18.2 Å². The average molecular weight is 250 g/mol. The Morgan fingerprint density at radius 2 is 2.17 bits per heavy atom. The van der Waals surface area contributed by atoms with Crippen molar-refractivity contribution in [3.63, 3.8) is 0 Å². The largest absolute Gasteiger partial charge is 0.465 e. The minimum atomic E-state index is -0.344. The third kappa shape index (κ3) is 3.74. The maximum absolute atomic E-state index is 11.6. The van der Waals surface area contributed by atoms with E-state index in [1.807, 2.05) is 12.1 Å². The van der Waals surface area contributed by atoms with Crippen LogP contribution >= 0.6 is 0 Å². The van der Waals surface area contributed by atoms with E-state index in [1.165, 1.54) is 7.11 Å². The van der Waals surface area contributed by atoms with E-state index in [0.717, 1.165) is 24.2 Å². The number of esters is 1. The van der Waals surface area contributed by atoms with E-state index >= 15 is 0 Å². The normalized spacial score (nSPS) is 10.5. The smallest absolute Gasteiger partial charge is 0.338 e. The van der Waals surface area contributed by atoms with Gasteiger partial charge in [0.1, 0.15) is 0 Å². The van der Waals surface area contributed by atoms with E-state index < -0.39 is 0 Å². The third-order valence-electron chi connectivity index (χ3n) is 2.82. The molecule has 4 heteroatoms. The lowest BCUT2D eigenvalue weighted by Gasteiger charge is -2.14. The van der Waals surface area contributed by atoms with Gasteiger partial charge in [0.15, 0.2) is 0 Å². The molecule has 0 aliphatic rings. The first-order valence-corrected chi connectivity index (χ1v) is 6.24. The summed E-state index contributed by atoms with van der Waals surface area (Å²) in [4.78, 5) is 11.6. The number of nitrogens with two attached hydrogens (primary N) is 1. The van der Waals surface area contributed by atoms with Crippen molar-refractivity contribution in [3.05, 3.63) is 29.3 Å². The molecule has 0 bridgehead atoms. The first-order chi connectivity index (χ1) is 8.60. The van der Waals surface area contributed by atoms with Gasteiger partial charge in [-0.05, 0) is 24.5 Å². The van der Waals surface area contributed by atoms with Crippen molar-refractivity contribution in [2.45, 2.75) is 26.8 Å². The molecular formula is C14H22N2O2. The third-order valence-corrected chi connectivity index (χ3v) is 2.82. The van der Waals surface area contributed by atoms with Gasteiger partial charge >= 0.3 is 5.97 Å². The van der Waals surface area contributed by atoms with Gasteiger partial charge in [-0.2, -0.15) is 0 Å². The topological polar surface area (TPSA) is 64.3 Å². The summed E-state index contributed by atoms with van der Waals surface area (Å²) in [7, 11) is 1.38. The molecule has 18 heavy (non-hydrogen) atoms. The van der Waals surface area contributed by atoms with Crippen molar-refractivity contribution >= 4 is 11.7 Å². The Balaban J connectivity index is 2.87. The van der Waals surface area contributed by atoms with Crippen molar-refractivity contribution < 1.29 is 9.53 Å². The zero-order valence-corrected chi connectivity index (χ0v) is 11.3. The Kier molecular flexibility index (Phi) is 5.65. The van der Waals surface area contributed by atoms with E-state index in [9.17, 15) is 4.79 Å². The van der Waals surface area contributed by atoms with Gasteiger partial charge in [-0.15, -0.1) is 0 Å². The summed E-state index contributed by atoms with van der Waals surface area (Å²) in [5, 5.41) is 3.33. The van der Waals surface area contributed by atoms with Gasteiger partial charge in [-0.3, -0.25) is 0 Å². The van der Waals surface area contributed by atoms with Gasteiger partial charge < -0.3 is 15.8 Å². The fourth-order valence-electron chi connectivity index (χ4n) is 1.77. The Morgan fingerprint density at radius 1 is 1.44 bits per heavy atom.